The monoisotopic (exact) mass is 251 g/mol. The molecule has 0 saturated carbocycles. The molecule has 1 aromatic carbocycles. The first-order chi connectivity index (χ1) is 8.47. The van der Waals surface area contributed by atoms with Crippen molar-refractivity contribution >= 4 is 17.3 Å². The van der Waals surface area contributed by atoms with Crippen molar-refractivity contribution < 1.29 is 9.53 Å². The lowest BCUT2D eigenvalue weighted by Gasteiger charge is -2.30. The molecule has 0 unspecified atom stereocenters. The zero-order valence-corrected chi connectivity index (χ0v) is 11.1. The standard InChI is InChI=1S/C13H21N3O2/c1-9(2)16(6-7-18-3)12-5-4-10(13(15)17)8-11(12)14/h4-5,8-9H,6-7,14H2,1-3H3,(H2,15,17). The maximum atomic E-state index is 11.1. The molecule has 0 radical (unpaired) electrons. The van der Waals surface area contributed by atoms with Gasteiger partial charge in [0.2, 0.25) is 5.91 Å². The van der Waals surface area contributed by atoms with E-state index in [1.165, 1.54) is 0 Å². The molecule has 0 saturated heterocycles. The molecule has 1 amide bonds. The quantitative estimate of drug-likeness (QED) is 0.745. The maximum absolute atomic E-state index is 11.1. The summed E-state index contributed by atoms with van der Waals surface area (Å²) in [7, 11) is 1.66. The second kappa shape index (κ2) is 6.26. The fraction of sp³-hybridized carbons (Fsp3) is 0.462. The van der Waals surface area contributed by atoms with Crippen LogP contribution in [0.15, 0.2) is 18.2 Å². The third-order valence-electron chi connectivity index (χ3n) is 2.78. The van der Waals surface area contributed by atoms with Crippen LogP contribution in [0.25, 0.3) is 0 Å². The highest BCUT2D eigenvalue weighted by molar-refractivity contribution is 5.94. The number of primary amides is 1. The molecule has 18 heavy (non-hydrogen) atoms. The lowest BCUT2D eigenvalue weighted by molar-refractivity contribution is 0.100. The average molecular weight is 251 g/mol. The summed E-state index contributed by atoms with van der Waals surface area (Å²) < 4.78 is 5.09. The van der Waals surface area contributed by atoms with E-state index in [0.717, 1.165) is 12.2 Å². The highest BCUT2D eigenvalue weighted by Gasteiger charge is 2.14. The number of anilines is 2. The van der Waals surface area contributed by atoms with Crippen molar-refractivity contribution in [2.24, 2.45) is 5.73 Å². The number of hydrogen-bond donors (Lipinski definition) is 2. The van der Waals surface area contributed by atoms with Crippen LogP contribution < -0.4 is 16.4 Å². The number of carbonyl (C=O) groups is 1. The minimum Gasteiger partial charge on any atom is -0.397 e. The lowest BCUT2D eigenvalue weighted by Crippen LogP contribution is -2.34. The number of methoxy groups -OCH3 is 1. The topological polar surface area (TPSA) is 81.6 Å². The molecule has 0 bridgehead atoms. The molecule has 5 heteroatoms. The van der Waals surface area contributed by atoms with E-state index in [1.807, 2.05) is 6.07 Å². The van der Waals surface area contributed by atoms with Crippen LogP contribution in [0.5, 0.6) is 0 Å². The van der Waals surface area contributed by atoms with Gasteiger partial charge in [-0.05, 0) is 32.0 Å². The van der Waals surface area contributed by atoms with Crippen LogP contribution in [0.1, 0.15) is 24.2 Å². The molecular formula is C13H21N3O2. The van der Waals surface area contributed by atoms with E-state index in [4.69, 9.17) is 16.2 Å². The van der Waals surface area contributed by atoms with Crippen LogP contribution in [0.2, 0.25) is 0 Å². The molecule has 0 aromatic heterocycles. The molecule has 0 heterocycles. The number of hydrogen-bond acceptors (Lipinski definition) is 4. The molecule has 0 aliphatic carbocycles. The minimum absolute atomic E-state index is 0.293. The Balaban J connectivity index is 3.01. The number of rotatable bonds is 6. The zero-order chi connectivity index (χ0) is 13.7. The van der Waals surface area contributed by atoms with Crippen LogP contribution in [0.4, 0.5) is 11.4 Å². The number of amides is 1. The van der Waals surface area contributed by atoms with Gasteiger partial charge in [-0.3, -0.25) is 4.79 Å². The van der Waals surface area contributed by atoms with Gasteiger partial charge in [0.05, 0.1) is 18.0 Å². The third-order valence-corrected chi connectivity index (χ3v) is 2.78. The highest BCUT2D eigenvalue weighted by Crippen LogP contribution is 2.25. The third kappa shape index (κ3) is 3.37. The Morgan fingerprint density at radius 2 is 2.11 bits per heavy atom. The van der Waals surface area contributed by atoms with Gasteiger partial charge in [-0.25, -0.2) is 0 Å². The first kappa shape index (κ1) is 14.3. The molecule has 1 rings (SSSR count). The van der Waals surface area contributed by atoms with Gasteiger partial charge < -0.3 is 21.1 Å². The SMILES string of the molecule is COCCN(c1ccc(C(N)=O)cc1N)C(C)C. The van der Waals surface area contributed by atoms with Crippen molar-refractivity contribution in [2.45, 2.75) is 19.9 Å². The lowest BCUT2D eigenvalue weighted by atomic mass is 10.1. The van der Waals surface area contributed by atoms with E-state index in [9.17, 15) is 4.79 Å². The Morgan fingerprint density at radius 1 is 1.44 bits per heavy atom. The fourth-order valence-electron chi connectivity index (χ4n) is 1.82. The second-order valence-corrected chi connectivity index (χ2v) is 4.42. The van der Waals surface area contributed by atoms with Crippen molar-refractivity contribution in [3.05, 3.63) is 23.8 Å². The van der Waals surface area contributed by atoms with E-state index < -0.39 is 5.91 Å². The number of benzene rings is 1. The minimum atomic E-state index is -0.471. The molecule has 0 atom stereocenters. The molecule has 100 valence electrons. The fourth-order valence-corrected chi connectivity index (χ4v) is 1.82. The van der Waals surface area contributed by atoms with Crippen molar-refractivity contribution in [1.82, 2.24) is 0 Å². The largest absolute Gasteiger partial charge is 0.397 e. The van der Waals surface area contributed by atoms with Gasteiger partial charge in [-0.2, -0.15) is 0 Å². The maximum Gasteiger partial charge on any atom is 0.248 e. The Hall–Kier alpha value is -1.75. The summed E-state index contributed by atoms with van der Waals surface area (Å²) in [6.45, 7) is 5.53. The molecule has 0 aliphatic rings. The summed E-state index contributed by atoms with van der Waals surface area (Å²) in [5, 5.41) is 0. The van der Waals surface area contributed by atoms with Crippen molar-refractivity contribution in [3.8, 4) is 0 Å². The van der Waals surface area contributed by atoms with Crippen LogP contribution in [-0.2, 0) is 4.74 Å². The molecule has 0 spiro atoms. The Morgan fingerprint density at radius 3 is 2.56 bits per heavy atom. The van der Waals surface area contributed by atoms with Crippen molar-refractivity contribution in [3.63, 3.8) is 0 Å². The van der Waals surface area contributed by atoms with Gasteiger partial charge in [0.1, 0.15) is 0 Å². The second-order valence-electron chi connectivity index (χ2n) is 4.42. The van der Waals surface area contributed by atoms with Crippen LogP contribution >= 0.6 is 0 Å². The average Bonchev–Trinajstić information content (AvgIpc) is 2.30. The molecule has 0 fully saturated rings. The molecule has 1 aromatic rings. The zero-order valence-electron chi connectivity index (χ0n) is 11.1. The van der Waals surface area contributed by atoms with Gasteiger partial charge in [-0.1, -0.05) is 0 Å². The Bertz CT molecular complexity index is 419. The normalized spacial score (nSPS) is 10.7. The number of nitrogens with zero attached hydrogens (tertiary/aromatic N) is 1. The highest BCUT2D eigenvalue weighted by atomic mass is 16.5. The summed E-state index contributed by atoms with van der Waals surface area (Å²) in [5.74, 6) is -0.471. The molecule has 4 N–H and O–H groups in total. The Kier molecular flexibility index (Phi) is 4.97. The van der Waals surface area contributed by atoms with Gasteiger partial charge in [-0.15, -0.1) is 0 Å². The van der Waals surface area contributed by atoms with Gasteiger partial charge in [0.15, 0.2) is 0 Å². The van der Waals surface area contributed by atoms with Crippen LogP contribution in [0.3, 0.4) is 0 Å². The van der Waals surface area contributed by atoms with Gasteiger partial charge >= 0.3 is 0 Å². The predicted octanol–water partition coefficient (Wildman–Crippen LogP) is 1.23. The number of nitrogen functional groups attached to an aromatic ring is 1. The summed E-state index contributed by atoms with van der Waals surface area (Å²) in [6, 6.07) is 5.42. The van der Waals surface area contributed by atoms with Gasteiger partial charge in [0.25, 0.3) is 0 Å². The first-order valence-electron chi connectivity index (χ1n) is 5.92. The summed E-state index contributed by atoms with van der Waals surface area (Å²) >= 11 is 0. The van der Waals surface area contributed by atoms with E-state index in [2.05, 4.69) is 18.7 Å². The smallest absolute Gasteiger partial charge is 0.248 e. The number of ether oxygens (including phenoxy) is 1. The van der Waals surface area contributed by atoms with Gasteiger partial charge in [0, 0.05) is 25.3 Å². The Labute approximate surface area is 108 Å². The van der Waals surface area contributed by atoms with E-state index in [-0.39, 0.29) is 0 Å². The van der Waals surface area contributed by atoms with Crippen molar-refractivity contribution in [1.29, 1.82) is 0 Å². The molecule has 5 nitrogen and oxygen atoms in total. The summed E-state index contributed by atoms with van der Waals surface area (Å²) in [4.78, 5) is 13.2. The van der Waals surface area contributed by atoms with E-state index >= 15 is 0 Å². The van der Waals surface area contributed by atoms with E-state index in [1.54, 1.807) is 19.2 Å². The summed E-state index contributed by atoms with van der Waals surface area (Å²) in [5.41, 5.74) is 13.1. The van der Waals surface area contributed by atoms with E-state index in [0.29, 0.717) is 23.9 Å². The predicted molar refractivity (Wildman–Crippen MR) is 73.7 cm³/mol. The van der Waals surface area contributed by atoms with Crippen molar-refractivity contribution in [2.75, 3.05) is 30.9 Å². The van der Waals surface area contributed by atoms with Crippen LogP contribution in [-0.4, -0.2) is 32.2 Å². The van der Waals surface area contributed by atoms with Crippen LogP contribution in [0, 0.1) is 0 Å². The number of carbonyl (C=O) groups excluding carboxylic acids is 1. The first-order valence-corrected chi connectivity index (χ1v) is 5.92. The molecule has 0 aliphatic heterocycles. The molecular weight excluding hydrogens is 230 g/mol. The number of nitrogens with two attached hydrogens (primary N) is 2. The summed E-state index contributed by atoms with van der Waals surface area (Å²) in [6.07, 6.45) is 0.